The topological polar surface area (TPSA) is 38.0 Å². The first-order valence-electron chi connectivity index (χ1n) is 6.35. The Hall–Kier alpha value is -0.0800. The van der Waals surface area contributed by atoms with E-state index in [1.807, 2.05) is 0 Å². The molecule has 2 aliphatic carbocycles. The standard InChI is InChI=1S/C12H24N2/c13-12-8-3-1-2-5-10(12)9-14-11-6-4-7-11/h10-12,14H,1-9,13H2. The van der Waals surface area contributed by atoms with Crippen molar-refractivity contribution in [2.45, 2.75) is 63.5 Å². The van der Waals surface area contributed by atoms with Crippen molar-refractivity contribution in [2.75, 3.05) is 6.54 Å². The predicted molar refractivity (Wildman–Crippen MR) is 60.2 cm³/mol. The van der Waals surface area contributed by atoms with Gasteiger partial charge in [0.05, 0.1) is 0 Å². The molecule has 0 heterocycles. The zero-order valence-electron chi connectivity index (χ0n) is 9.17. The molecule has 0 aromatic carbocycles. The maximum atomic E-state index is 6.18. The van der Waals surface area contributed by atoms with Crippen molar-refractivity contribution in [1.29, 1.82) is 0 Å². The highest BCUT2D eigenvalue weighted by Gasteiger charge is 2.23. The fraction of sp³-hybridized carbons (Fsp3) is 1.00. The molecule has 0 spiro atoms. The van der Waals surface area contributed by atoms with Gasteiger partial charge >= 0.3 is 0 Å². The smallest absolute Gasteiger partial charge is 0.00792 e. The number of hydrogen-bond donors (Lipinski definition) is 2. The molecule has 0 saturated heterocycles. The average molecular weight is 196 g/mol. The van der Waals surface area contributed by atoms with E-state index in [1.165, 1.54) is 57.9 Å². The summed E-state index contributed by atoms with van der Waals surface area (Å²) in [4.78, 5) is 0. The van der Waals surface area contributed by atoms with Gasteiger partial charge in [0.1, 0.15) is 0 Å². The Kier molecular flexibility index (Phi) is 3.82. The van der Waals surface area contributed by atoms with Crippen molar-refractivity contribution in [3.63, 3.8) is 0 Å². The van der Waals surface area contributed by atoms with Crippen LogP contribution in [0.3, 0.4) is 0 Å². The summed E-state index contributed by atoms with van der Waals surface area (Å²) < 4.78 is 0. The molecule has 82 valence electrons. The van der Waals surface area contributed by atoms with Gasteiger partial charge in [-0.15, -0.1) is 0 Å². The molecule has 0 aliphatic heterocycles. The second kappa shape index (κ2) is 5.13. The Morgan fingerprint density at radius 2 is 1.71 bits per heavy atom. The molecular weight excluding hydrogens is 172 g/mol. The minimum Gasteiger partial charge on any atom is -0.327 e. The molecule has 0 radical (unpaired) electrons. The number of nitrogens with two attached hydrogens (primary N) is 1. The van der Waals surface area contributed by atoms with Gasteiger partial charge in [-0.2, -0.15) is 0 Å². The summed E-state index contributed by atoms with van der Waals surface area (Å²) in [5, 5.41) is 3.67. The van der Waals surface area contributed by atoms with E-state index in [0.717, 1.165) is 12.0 Å². The molecule has 14 heavy (non-hydrogen) atoms. The fourth-order valence-electron chi connectivity index (χ4n) is 2.60. The molecule has 2 aliphatic rings. The highest BCUT2D eigenvalue weighted by atomic mass is 14.9. The van der Waals surface area contributed by atoms with Crippen LogP contribution in [0.4, 0.5) is 0 Å². The SMILES string of the molecule is NC1CCCCCC1CNC1CCC1. The summed E-state index contributed by atoms with van der Waals surface area (Å²) in [5.74, 6) is 0.748. The van der Waals surface area contributed by atoms with Crippen LogP contribution in [0.2, 0.25) is 0 Å². The summed E-state index contributed by atoms with van der Waals surface area (Å²) in [6.45, 7) is 1.17. The molecule has 2 nitrogen and oxygen atoms in total. The summed E-state index contributed by atoms with van der Waals surface area (Å²) in [6.07, 6.45) is 10.9. The van der Waals surface area contributed by atoms with E-state index in [-0.39, 0.29) is 0 Å². The number of nitrogens with one attached hydrogen (secondary N) is 1. The van der Waals surface area contributed by atoms with Crippen LogP contribution in [0, 0.1) is 5.92 Å². The van der Waals surface area contributed by atoms with Gasteiger partial charge < -0.3 is 11.1 Å². The molecule has 0 amide bonds. The van der Waals surface area contributed by atoms with E-state index in [2.05, 4.69) is 5.32 Å². The van der Waals surface area contributed by atoms with Gasteiger partial charge in [0.2, 0.25) is 0 Å². The lowest BCUT2D eigenvalue weighted by molar-refractivity contribution is 0.291. The van der Waals surface area contributed by atoms with Crippen molar-refractivity contribution in [2.24, 2.45) is 11.7 Å². The summed E-state index contributed by atoms with van der Waals surface area (Å²) in [6, 6.07) is 1.29. The van der Waals surface area contributed by atoms with Crippen molar-refractivity contribution in [1.82, 2.24) is 5.32 Å². The van der Waals surface area contributed by atoms with E-state index < -0.39 is 0 Å². The van der Waals surface area contributed by atoms with E-state index in [0.29, 0.717) is 6.04 Å². The Morgan fingerprint density at radius 1 is 0.929 bits per heavy atom. The minimum absolute atomic E-state index is 0.463. The third-order valence-corrected chi connectivity index (χ3v) is 3.99. The van der Waals surface area contributed by atoms with E-state index in [9.17, 15) is 0 Å². The molecule has 2 unspecified atom stereocenters. The molecule has 3 N–H and O–H groups in total. The summed E-state index contributed by atoms with van der Waals surface area (Å²) >= 11 is 0. The van der Waals surface area contributed by atoms with Crippen molar-refractivity contribution in [3.8, 4) is 0 Å². The van der Waals surface area contributed by atoms with E-state index in [1.54, 1.807) is 0 Å². The zero-order chi connectivity index (χ0) is 9.80. The van der Waals surface area contributed by atoms with Crippen LogP contribution in [-0.4, -0.2) is 18.6 Å². The number of rotatable bonds is 3. The Morgan fingerprint density at radius 3 is 2.43 bits per heavy atom. The average Bonchev–Trinajstić information content (AvgIpc) is 2.29. The van der Waals surface area contributed by atoms with Crippen LogP contribution in [0.1, 0.15) is 51.4 Å². The van der Waals surface area contributed by atoms with Gasteiger partial charge in [-0.25, -0.2) is 0 Å². The quantitative estimate of drug-likeness (QED) is 0.678. The van der Waals surface area contributed by atoms with Gasteiger partial charge in [0, 0.05) is 12.1 Å². The molecule has 2 rings (SSSR count). The molecule has 2 heteroatoms. The third-order valence-electron chi connectivity index (χ3n) is 3.99. The predicted octanol–water partition coefficient (Wildman–Crippen LogP) is 2.04. The van der Waals surface area contributed by atoms with Crippen LogP contribution in [0.25, 0.3) is 0 Å². The van der Waals surface area contributed by atoms with Gasteiger partial charge in [-0.1, -0.05) is 25.7 Å². The highest BCUT2D eigenvalue weighted by Crippen LogP contribution is 2.23. The zero-order valence-corrected chi connectivity index (χ0v) is 9.17. The Bertz CT molecular complexity index is 166. The normalized spacial score (nSPS) is 34.9. The van der Waals surface area contributed by atoms with Gasteiger partial charge in [-0.05, 0) is 38.1 Å². The maximum Gasteiger partial charge on any atom is 0.00792 e. The highest BCUT2D eigenvalue weighted by molar-refractivity contribution is 4.82. The lowest BCUT2D eigenvalue weighted by Crippen LogP contribution is -2.42. The van der Waals surface area contributed by atoms with Gasteiger partial charge in [0.25, 0.3) is 0 Å². The van der Waals surface area contributed by atoms with Crippen molar-refractivity contribution < 1.29 is 0 Å². The first-order valence-corrected chi connectivity index (χ1v) is 6.35. The largest absolute Gasteiger partial charge is 0.327 e. The molecule has 0 bridgehead atoms. The van der Waals surface area contributed by atoms with Crippen LogP contribution >= 0.6 is 0 Å². The second-order valence-electron chi connectivity index (χ2n) is 5.10. The van der Waals surface area contributed by atoms with Gasteiger partial charge in [0.15, 0.2) is 0 Å². The Balaban J connectivity index is 1.70. The lowest BCUT2D eigenvalue weighted by Gasteiger charge is -2.30. The molecule has 0 aromatic heterocycles. The van der Waals surface area contributed by atoms with Crippen molar-refractivity contribution >= 4 is 0 Å². The minimum atomic E-state index is 0.463. The van der Waals surface area contributed by atoms with Crippen LogP contribution in [0.5, 0.6) is 0 Å². The summed E-state index contributed by atoms with van der Waals surface area (Å²) in [5.41, 5.74) is 6.18. The van der Waals surface area contributed by atoms with E-state index >= 15 is 0 Å². The molecular formula is C12H24N2. The number of hydrogen-bond acceptors (Lipinski definition) is 2. The fourth-order valence-corrected chi connectivity index (χ4v) is 2.60. The van der Waals surface area contributed by atoms with E-state index in [4.69, 9.17) is 5.73 Å². The Labute approximate surface area is 87.6 Å². The lowest BCUT2D eigenvalue weighted by atomic mass is 9.90. The third kappa shape index (κ3) is 2.71. The van der Waals surface area contributed by atoms with Crippen LogP contribution < -0.4 is 11.1 Å². The molecule has 2 fully saturated rings. The first-order chi connectivity index (χ1) is 6.86. The second-order valence-corrected chi connectivity index (χ2v) is 5.10. The van der Waals surface area contributed by atoms with Crippen LogP contribution in [0.15, 0.2) is 0 Å². The first kappa shape index (κ1) is 10.4. The monoisotopic (exact) mass is 196 g/mol. The summed E-state index contributed by atoms with van der Waals surface area (Å²) in [7, 11) is 0. The molecule has 0 aromatic rings. The van der Waals surface area contributed by atoms with Gasteiger partial charge in [-0.3, -0.25) is 0 Å². The van der Waals surface area contributed by atoms with Crippen molar-refractivity contribution in [3.05, 3.63) is 0 Å². The molecule has 2 atom stereocenters. The maximum absolute atomic E-state index is 6.18. The van der Waals surface area contributed by atoms with Crippen LogP contribution in [-0.2, 0) is 0 Å². The molecule has 2 saturated carbocycles.